The maximum absolute atomic E-state index is 16.0. The zero-order valence-electron chi connectivity index (χ0n) is 26.8. The van der Waals surface area contributed by atoms with Gasteiger partial charge in [0.2, 0.25) is 0 Å². The van der Waals surface area contributed by atoms with E-state index in [1.807, 2.05) is 30.5 Å². The molecule has 2 aromatic heterocycles. The Balaban J connectivity index is 1.20. The third kappa shape index (κ3) is 6.35. The van der Waals surface area contributed by atoms with E-state index in [1.54, 1.807) is 24.6 Å². The molecule has 0 atom stereocenters. The molecule has 2 fully saturated rings. The van der Waals surface area contributed by atoms with Gasteiger partial charge in [0.15, 0.2) is 0 Å². The number of fused-ring (bicyclic) bond motifs is 2. The molecule has 2 N–H and O–H groups in total. The number of hydrogen-bond acceptors (Lipinski definition) is 6. The van der Waals surface area contributed by atoms with E-state index in [-0.39, 0.29) is 64.9 Å². The fraction of sp³-hybridized carbons (Fsp3) is 0.500. The van der Waals surface area contributed by atoms with Crippen LogP contribution in [0.1, 0.15) is 70.4 Å². The summed E-state index contributed by atoms with van der Waals surface area (Å²) in [7, 11) is 0. The van der Waals surface area contributed by atoms with Gasteiger partial charge < -0.3 is 10.1 Å². The van der Waals surface area contributed by atoms with E-state index in [4.69, 9.17) is 14.9 Å². The molecular formula is C34H41FIN7O4. The number of carbonyl (C=O) groups is 3. The molecular weight excluding hydrogens is 716 g/mol. The van der Waals surface area contributed by atoms with E-state index >= 15 is 4.39 Å². The molecule has 2 amide bonds. The first-order valence-electron chi connectivity index (χ1n) is 16.6. The number of esters is 1. The van der Waals surface area contributed by atoms with Gasteiger partial charge in [-0.1, -0.05) is 0 Å². The number of amides is 2. The molecule has 8 rings (SSSR count). The van der Waals surface area contributed by atoms with Crippen LogP contribution < -0.4 is 34.9 Å². The molecule has 11 nitrogen and oxygen atoms in total. The number of piperidine rings is 1. The van der Waals surface area contributed by atoms with Gasteiger partial charge in [0, 0.05) is 0 Å². The first-order valence-corrected chi connectivity index (χ1v) is 18.8. The van der Waals surface area contributed by atoms with E-state index in [9.17, 15) is 14.4 Å². The Morgan fingerprint density at radius 3 is 2.53 bits per heavy atom. The van der Waals surface area contributed by atoms with E-state index in [0.717, 1.165) is 65.7 Å². The summed E-state index contributed by atoms with van der Waals surface area (Å²) in [5, 5.41) is 16.8. The molecule has 1 saturated heterocycles. The summed E-state index contributed by atoms with van der Waals surface area (Å²) in [6.07, 6.45) is 9.92. The predicted molar refractivity (Wildman–Crippen MR) is 172 cm³/mol. The number of carbonyl (C=O) groups excluding carboxylic acids is 3. The van der Waals surface area contributed by atoms with Gasteiger partial charge in [-0.2, -0.15) is 0 Å². The summed E-state index contributed by atoms with van der Waals surface area (Å²) >= 11 is -0.279. The van der Waals surface area contributed by atoms with Gasteiger partial charge in [0.05, 0.1) is 6.10 Å². The van der Waals surface area contributed by atoms with Crippen molar-refractivity contribution in [2.24, 2.45) is 0 Å². The topological polar surface area (TPSA) is 120 Å². The minimum atomic E-state index is -0.541. The van der Waals surface area contributed by atoms with Gasteiger partial charge in [-0.15, -0.1) is 0 Å². The third-order valence-corrected chi connectivity index (χ3v) is 13.9. The molecule has 4 aromatic rings. The summed E-state index contributed by atoms with van der Waals surface area (Å²) in [5.41, 5.74) is 3.90. The number of nitrogens with zero attached hydrogens (tertiary/aromatic N) is 5. The summed E-state index contributed by atoms with van der Waals surface area (Å²) in [6, 6.07) is 9.33. The number of aromatic nitrogens is 4. The number of benzene rings is 2. The number of quaternary nitrogens is 1. The Kier molecular flexibility index (Phi) is 8.94. The Hall–Kier alpha value is -3.59. The normalized spacial score (nSPS) is 21.0. The monoisotopic (exact) mass is 757 g/mol. The van der Waals surface area contributed by atoms with Crippen molar-refractivity contribution in [3.8, 4) is 11.1 Å². The van der Waals surface area contributed by atoms with Crippen molar-refractivity contribution in [2.45, 2.75) is 81.3 Å². The van der Waals surface area contributed by atoms with Crippen LogP contribution in [0, 0.1) is 5.82 Å². The van der Waals surface area contributed by atoms with Gasteiger partial charge in [-0.3, -0.25) is 9.59 Å². The maximum atomic E-state index is 16.0. The van der Waals surface area contributed by atoms with Crippen LogP contribution in [0.4, 0.5) is 4.39 Å². The molecule has 5 heterocycles. The first kappa shape index (κ1) is 32.0. The van der Waals surface area contributed by atoms with Crippen molar-refractivity contribution >= 4 is 39.6 Å². The van der Waals surface area contributed by atoms with Crippen molar-refractivity contribution in [3.63, 3.8) is 0 Å². The second-order valence-corrected chi connectivity index (χ2v) is 17.2. The Labute approximate surface area is 283 Å². The van der Waals surface area contributed by atoms with E-state index in [2.05, 4.69) is 15.4 Å². The zero-order valence-corrected chi connectivity index (χ0v) is 29.0. The molecule has 47 heavy (non-hydrogen) atoms. The fourth-order valence-electron chi connectivity index (χ4n) is 7.30. The first-order chi connectivity index (χ1) is 22.7. The van der Waals surface area contributed by atoms with Crippen molar-refractivity contribution < 1.29 is 45.0 Å². The van der Waals surface area contributed by atoms with Crippen LogP contribution >= 0.6 is 0 Å². The fourth-order valence-corrected chi connectivity index (χ4v) is 11.9. The minimum absolute atomic E-state index is 0.100. The molecule has 250 valence electrons. The molecule has 0 radical (unpaired) electrons. The molecule has 1 aliphatic carbocycles. The van der Waals surface area contributed by atoms with Crippen LogP contribution in [-0.4, -0.2) is 73.7 Å². The van der Waals surface area contributed by atoms with Crippen molar-refractivity contribution in [1.82, 2.24) is 33.1 Å². The predicted octanol–water partition coefficient (Wildman–Crippen LogP) is 1.04. The van der Waals surface area contributed by atoms with Gasteiger partial charge >= 0.3 is 238 Å². The summed E-state index contributed by atoms with van der Waals surface area (Å²) in [5.74, 6) is -1.57. The van der Waals surface area contributed by atoms with E-state index in [0.29, 0.717) is 5.56 Å². The number of ether oxygens (including phenoxy) is 1. The number of nitrogens with one attached hydrogen (secondary N) is 2. The van der Waals surface area contributed by atoms with Crippen LogP contribution in [0.25, 0.3) is 32.9 Å². The second kappa shape index (κ2) is 13.1. The van der Waals surface area contributed by atoms with Gasteiger partial charge in [-0.25, -0.2) is 0 Å². The zero-order chi connectivity index (χ0) is 32.7. The van der Waals surface area contributed by atoms with E-state index in [1.165, 1.54) is 32.1 Å². The standard InChI is InChI=1S/C34H41FIN7O4/c1-21(2)47-32(46)19-38-30(44)18-37-31(45)20-41-28-10-6-9-25-26-16-29-23(15-27(26)35)17-39-42(29)43(36-24-7-4-3-5-8-24)13-11-22(12-14-43)34(40-41)33(25)28/h6,9-10,15-17,21-22,24H,3-5,7-8,11-14,18-20H2,1-2H3,(H,37,45)(H,38,44). The van der Waals surface area contributed by atoms with E-state index < -0.39 is 11.9 Å². The van der Waals surface area contributed by atoms with Crippen molar-refractivity contribution in [3.05, 3.63) is 48.0 Å². The number of hydrogen-bond donors (Lipinski definition) is 2. The summed E-state index contributed by atoms with van der Waals surface area (Å²) in [6.45, 7) is 4.72. The van der Waals surface area contributed by atoms with Crippen molar-refractivity contribution in [1.29, 1.82) is 0 Å². The van der Waals surface area contributed by atoms with Gasteiger partial charge in [0.1, 0.15) is 6.54 Å². The van der Waals surface area contributed by atoms with Crippen LogP contribution in [-0.2, 0) is 25.7 Å². The second-order valence-electron chi connectivity index (χ2n) is 13.1. The van der Waals surface area contributed by atoms with Crippen LogP contribution in [0.15, 0.2) is 36.5 Å². The van der Waals surface area contributed by atoms with Crippen LogP contribution in [0.2, 0.25) is 0 Å². The number of halogens is 2. The number of alkyl halides is 1. The number of rotatable bonds is 9. The van der Waals surface area contributed by atoms with Gasteiger partial charge in [0.25, 0.3) is 0 Å². The molecule has 4 bridgehead atoms. The van der Waals surface area contributed by atoms with Crippen LogP contribution in [0.5, 0.6) is 0 Å². The van der Waals surface area contributed by atoms with Gasteiger partial charge in [-0.05, 0) is 13.8 Å². The molecule has 1 saturated carbocycles. The summed E-state index contributed by atoms with van der Waals surface area (Å²) in [4.78, 5) is 39.3. The molecule has 0 unspecified atom stereocenters. The average Bonchev–Trinajstić information content (AvgIpc) is 3.64. The third-order valence-electron chi connectivity index (χ3n) is 9.49. The Morgan fingerprint density at radius 2 is 1.77 bits per heavy atom. The molecule has 3 aliphatic heterocycles. The molecule has 2 aromatic carbocycles. The molecule has 13 heteroatoms. The van der Waals surface area contributed by atoms with Crippen molar-refractivity contribution in [2.75, 3.05) is 26.2 Å². The average molecular weight is 758 g/mol. The molecule has 0 spiro atoms. The Bertz CT molecular complexity index is 1840. The summed E-state index contributed by atoms with van der Waals surface area (Å²) < 4.78 is 24.3. The Morgan fingerprint density at radius 1 is 1.00 bits per heavy atom. The SMILES string of the molecule is CC(C)OC(=O)CNC(=O)CNC(=O)Cn1nc2c3c(cccc31)-c1cc3c(cnn3[N+]3([I-]C4CCCCC4)CCC2CC3)cc1F. The molecule has 4 aliphatic rings. The van der Waals surface area contributed by atoms with Crippen LogP contribution in [0.3, 0.4) is 0 Å². The quantitative estimate of drug-likeness (QED) is 0.114.